The van der Waals surface area contributed by atoms with E-state index in [0.29, 0.717) is 26.4 Å². The Kier molecular flexibility index (Phi) is 9.21. The van der Waals surface area contributed by atoms with Crippen LogP contribution in [0.25, 0.3) is 0 Å². The lowest BCUT2D eigenvalue weighted by atomic mass is 9.98. The first kappa shape index (κ1) is 27.8. The monoisotopic (exact) mass is 517 g/mol. The molecular weight excluding hydrogens is 478 g/mol. The van der Waals surface area contributed by atoms with Crippen molar-refractivity contribution in [1.29, 1.82) is 0 Å². The Hall–Kier alpha value is -3.19. The number of rotatable bonds is 10. The van der Waals surface area contributed by atoms with Crippen molar-refractivity contribution in [3.8, 4) is 0 Å². The van der Waals surface area contributed by atoms with Crippen LogP contribution in [0.4, 0.5) is 4.79 Å². The van der Waals surface area contributed by atoms with E-state index in [-0.39, 0.29) is 6.61 Å². The van der Waals surface area contributed by atoms with E-state index in [1.807, 2.05) is 119 Å². The smallest absolute Gasteiger partial charge is 0.410 e. The summed E-state index contributed by atoms with van der Waals surface area (Å²) in [5.74, 6) is 0. The molecule has 0 bridgehead atoms. The quantitative estimate of drug-likeness (QED) is 0.312. The molecule has 0 aliphatic carbocycles. The van der Waals surface area contributed by atoms with Gasteiger partial charge in [-0.15, -0.1) is 0 Å². The van der Waals surface area contributed by atoms with Crippen molar-refractivity contribution in [2.45, 2.75) is 70.9 Å². The van der Waals surface area contributed by atoms with Crippen molar-refractivity contribution >= 4 is 6.09 Å². The minimum absolute atomic E-state index is 0.290. The first-order chi connectivity index (χ1) is 18.2. The minimum atomic E-state index is -0.775. The van der Waals surface area contributed by atoms with Gasteiger partial charge in [-0.05, 0) is 44.4 Å². The Bertz CT molecular complexity index is 1130. The highest BCUT2D eigenvalue weighted by atomic mass is 16.6. The van der Waals surface area contributed by atoms with Gasteiger partial charge < -0.3 is 18.9 Å². The van der Waals surface area contributed by atoms with Gasteiger partial charge in [0.15, 0.2) is 0 Å². The Morgan fingerprint density at radius 1 is 0.816 bits per heavy atom. The van der Waals surface area contributed by atoms with Gasteiger partial charge in [0, 0.05) is 0 Å². The highest BCUT2D eigenvalue weighted by molar-refractivity contribution is 5.69. The average molecular weight is 518 g/mol. The first-order valence-corrected chi connectivity index (χ1v) is 13.2. The van der Waals surface area contributed by atoms with E-state index < -0.39 is 29.4 Å². The predicted molar refractivity (Wildman–Crippen MR) is 147 cm³/mol. The molecule has 6 nitrogen and oxygen atoms in total. The number of nitrogens with zero attached hydrogens (tertiary/aromatic N) is 1. The molecule has 6 heteroatoms. The summed E-state index contributed by atoms with van der Waals surface area (Å²) >= 11 is 0. The normalized spacial score (nSPS) is 21.4. The summed E-state index contributed by atoms with van der Waals surface area (Å²) in [6.45, 7) is 9.48. The highest BCUT2D eigenvalue weighted by Crippen LogP contribution is 2.36. The van der Waals surface area contributed by atoms with E-state index in [1.165, 1.54) is 0 Å². The third kappa shape index (κ3) is 7.67. The first-order valence-electron chi connectivity index (χ1n) is 13.2. The fraction of sp³-hybridized carbons (Fsp3) is 0.406. The summed E-state index contributed by atoms with van der Waals surface area (Å²) < 4.78 is 25.1. The average Bonchev–Trinajstić information content (AvgIpc) is 3.19. The SMILES string of the molecule is CC(C)(C)OC(=O)N1CC(C)(OCc2ccccc2)[C@H](OCc2ccccc2)[C@H]1COCc1ccccc1. The van der Waals surface area contributed by atoms with Gasteiger partial charge in [0.1, 0.15) is 17.3 Å². The van der Waals surface area contributed by atoms with Gasteiger partial charge in [-0.3, -0.25) is 4.90 Å². The van der Waals surface area contributed by atoms with E-state index >= 15 is 0 Å². The van der Waals surface area contributed by atoms with Crippen molar-refractivity contribution in [3.05, 3.63) is 108 Å². The van der Waals surface area contributed by atoms with Crippen molar-refractivity contribution in [3.63, 3.8) is 0 Å². The molecule has 3 aromatic rings. The lowest BCUT2D eigenvalue weighted by Crippen LogP contribution is -2.47. The summed E-state index contributed by atoms with van der Waals surface area (Å²) in [7, 11) is 0. The summed E-state index contributed by atoms with van der Waals surface area (Å²) in [6.07, 6.45) is -0.833. The lowest BCUT2D eigenvalue weighted by molar-refractivity contribution is -0.134. The number of carbonyl (C=O) groups excluding carboxylic acids is 1. The van der Waals surface area contributed by atoms with Crippen molar-refractivity contribution in [2.24, 2.45) is 0 Å². The number of likely N-dealkylation sites (tertiary alicyclic amines) is 1. The fourth-order valence-electron chi connectivity index (χ4n) is 4.68. The van der Waals surface area contributed by atoms with E-state index in [2.05, 4.69) is 0 Å². The van der Waals surface area contributed by atoms with Gasteiger partial charge in [-0.1, -0.05) is 91.0 Å². The van der Waals surface area contributed by atoms with Gasteiger partial charge in [-0.2, -0.15) is 0 Å². The van der Waals surface area contributed by atoms with Gasteiger partial charge in [-0.25, -0.2) is 4.79 Å². The molecule has 1 amide bonds. The van der Waals surface area contributed by atoms with Crippen molar-refractivity contribution in [2.75, 3.05) is 13.2 Å². The number of hydrogen-bond acceptors (Lipinski definition) is 5. The molecule has 0 radical (unpaired) electrons. The van der Waals surface area contributed by atoms with Crippen LogP contribution in [-0.2, 0) is 38.8 Å². The summed E-state index contributed by atoms with van der Waals surface area (Å²) in [5.41, 5.74) is 1.78. The van der Waals surface area contributed by atoms with Gasteiger partial charge in [0.25, 0.3) is 0 Å². The third-order valence-corrected chi connectivity index (χ3v) is 6.55. The molecular formula is C32H39NO5. The van der Waals surface area contributed by atoms with Crippen molar-refractivity contribution < 1.29 is 23.7 Å². The topological polar surface area (TPSA) is 57.2 Å². The highest BCUT2D eigenvalue weighted by Gasteiger charge is 2.54. The van der Waals surface area contributed by atoms with E-state index in [0.717, 1.165) is 16.7 Å². The van der Waals surface area contributed by atoms with Crippen LogP contribution in [0.1, 0.15) is 44.4 Å². The van der Waals surface area contributed by atoms with Crippen LogP contribution < -0.4 is 0 Å². The van der Waals surface area contributed by atoms with Crippen LogP contribution in [0.15, 0.2) is 91.0 Å². The molecule has 4 rings (SSSR count). The molecule has 0 aromatic heterocycles. The number of benzene rings is 3. The molecule has 202 valence electrons. The van der Waals surface area contributed by atoms with Crippen molar-refractivity contribution in [1.82, 2.24) is 4.90 Å². The zero-order valence-electron chi connectivity index (χ0n) is 22.8. The summed E-state index contributed by atoms with van der Waals surface area (Å²) in [5, 5.41) is 0. The Balaban J connectivity index is 1.58. The maximum absolute atomic E-state index is 13.4. The molecule has 1 heterocycles. The number of ether oxygens (including phenoxy) is 4. The standard InChI is InChI=1S/C32H39NO5/c1-31(2,3)38-30(34)33-24-32(4,37-22-27-18-12-7-13-19-27)29(36-21-26-16-10-6-11-17-26)28(33)23-35-20-25-14-8-5-9-15-25/h5-19,28-29H,20-24H2,1-4H3/t28-,29-,32?/m1/s1. The fourth-order valence-corrected chi connectivity index (χ4v) is 4.68. The molecule has 1 unspecified atom stereocenters. The van der Waals surface area contributed by atoms with Crippen LogP contribution in [0.2, 0.25) is 0 Å². The molecule has 1 aliphatic heterocycles. The predicted octanol–water partition coefficient (Wildman–Crippen LogP) is 6.38. The largest absolute Gasteiger partial charge is 0.444 e. The number of carbonyl (C=O) groups is 1. The van der Waals surface area contributed by atoms with Crippen LogP contribution in [0.5, 0.6) is 0 Å². The Morgan fingerprint density at radius 2 is 1.32 bits per heavy atom. The molecule has 0 N–H and O–H groups in total. The molecule has 0 saturated carbocycles. The van der Waals surface area contributed by atoms with Gasteiger partial charge in [0.05, 0.1) is 39.0 Å². The maximum Gasteiger partial charge on any atom is 0.410 e. The zero-order valence-corrected chi connectivity index (χ0v) is 22.8. The maximum atomic E-state index is 13.4. The van der Waals surface area contributed by atoms with E-state index in [9.17, 15) is 4.79 Å². The van der Waals surface area contributed by atoms with Gasteiger partial charge in [0.2, 0.25) is 0 Å². The Morgan fingerprint density at radius 3 is 1.84 bits per heavy atom. The lowest BCUT2D eigenvalue weighted by Gasteiger charge is -2.33. The molecule has 0 spiro atoms. The summed E-state index contributed by atoms with van der Waals surface area (Å²) in [6, 6.07) is 29.7. The number of hydrogen-bond donors (Lipinski definition) is 0. The molecule has 1 aliphatic rings. The van der Waals surface area contributed by atoms with Gasteiger partial charge >= 0.3 is 6.09 Å². The second-order valence-corrected chi connectivity index (χ2v) is 11.0. The second-order valence-electron chi connectivity index (χ2n) is 11.0. The van der Waals surface area contributed by atoms with Crippen LogP contribution >= 0.6 is 0 Å². The second kappa shape index (κ2) is 12.6. The Labute approximate surface area is 226 Å². The summed E-state index contributed by atoms with van der Waals surface area (Å²) in [4.78, 5) is 15.1. The van der Waals surface area contributed by atoms with Crippen LogP contribution in [0, 0.1) is 0 Å². The molecule has 3 aromatic carbocycles. The van der Waals surface area contributed by atoms with Crippen LogP contribution in [0.3, 0.4) is 0 Å². The molecule has 3 atom stereocenters. The zero-order chi connectivity index (χ0) is 27.0. The van der Waals surface area contributed by atoms with E-state index in [4.69, 9.17) is 18.9 Å². The minimum Gasteiger partial charge on any atom is -0.444 e. The third-order valence-electron chi connectivity index (χ3n) is 6.55. The number of amides is 1. The molecule has 1 fully saturated rings. The van der Waals surface area contributed by atoms with Crippen LogP contribution in [-0.4, -0.2) is 47.5 Å². The molecule has 1 saturated heterocycles. The van der Waals surface area contributed by atoms with E-state index in [1.54, 1.807) is 4.90 Å². The molecule has 38 heavy (non-hydrogen) atoms.